The molecule has 1 aromatic heterocycles. The first-order valence-corrected chi connectivity index (χ1v) is 9.74. The number of carbonyl (C=O) groups excluding carboxylic acids is 1. The summed E-state index contributed by atoms with van der Waals surface area (Å²) in [5, 5.41) is 19.3. The molecule has 3 aliphatic rings. The Morgan fingerprint density at radius 1 is 1.26 bits per heavy atom. The first kappa shape index (κ1) is 18.0. The molecule has 1 N–H and O–H groups in total. The highest BCUT2D eigenvalue weighted by Gasteiger charge is 2.45. The normalized spacial score (nSPS) is 22.1. The van der Waals surface area contributed by atoms with Crippen LogP contribution in [0.25, 0.3) is 5.70 Å². The summed E-state index contributed by atoms with van der Waals surface area (Å²) in [5.74, 6) is 0.570. The van der Waals surface area contributed by atoms with Crippen molar-refractivity contribution >= 4 is 17.3 Å². The minimum atomic E-state index is -0.310. The Morgan fingerprint density at radius 2 is 1.93 bits per heavy atom. The zero-order chi connectivity index (χ0) is 19.2. The number of rotatable bonds is 4. The third-order valence-electron chi connectivity index (χ3n) is 6.29. The Balaban J connectivity index is 1.73. The molecular weight excluding hydrogens is 340 g/mol. The lowest BCUT2D eigenvalue weighted by molar-refractivity contribution is -0.113. The van der Waals surface area contributed by atoms with Crippen molar-refractivity contribution in [3.8, 4) is 6.07 Å². The van der Waals surface area contributed by atoms with Crippen LogP contribution < -0.4 is 4.90 Å². The summed E-state index contributed by atoms with van der Waals surface area (Å²) in [7, 11) is 0. The van der Waals surface area contributed by atoms with Crippen LogP contribution >= 0.6 is 0 Å². The van der Waals surface area contributed by atoms with Crippen LogP contribution in [0.15, 0.2) is 17.7 Å². The standard InChI is InChI=1S/C21H26N4O2/c1-14-3-4-18(25-12-16(27)13-25)23-19(14)20(17(11-22)15(2)26)24-9-7-21(5-6-21)8-10-24/h3-4,16,27H,5-10,12-13H2,1-2H3/b20-17+. The van der Waals surface area contributed by atoms with Crippen molar-refractivity contribution in [2.45, 2.75) is 45.6 Å². The van der Waals surface area contributed by atoms with Gasteiger partial charge in [0.05, 0.1) is 17.5 Å². The zero-order valence-corrected chi connectivity index (χ0v) is 16.0. The largest absolute Gasteiger partial charge is 0.389 e. The van der Waals surface area contributed by atoms with Crippen LogP contribution in [0.4, 0.5) is 5.82 Å². The molecule has 0 atom stereocenters. The maximum absolute atomic E-state index is 12.2. The van der Waals surface area contributed by atoms with E-state index in [4.69, 9.17) is 4.98 Å². The molecule has 6 nitrogen and oxygen atoms in total. The fourth-order valence-electron chi connectivity index (χ4n) is 4.18. The molecule has 142 valence electrons. The molecule has 0 unspecified atom stereocenters. The van der Waals surface area contributed by atoms with Crippen molar-refractivity contribution in [2.75, 3.05) is 31.1 Å². The fourth-order valence-corrected chi connectivity index (χ4v) is 4.18. The smallest absolute Gasteiger partial charge is 0.172 e. The molecule has 6 heteroatoms. The molecule has 0 bridgehead atoms. The number of nitriles is 1. The summed E-state index contributed by atoms with van der Waals surface area (Å²) in [6.07, 6.45) is 4.54. The molecule has 27 heavy (non-hydrogen) atoms. The highest BCUT2D eigenvalue weighted by Crippen LogP contribution is 2.54. The van der Waals surface area contributed by atoms with E-state index in [2.05, 4.69) is 11.0 Å². The molecule has 0 amide bonds. The van der Waals surface area contributed by atoms with Gasteiger partial charge >= 0.3 is 0 Å². The number of Topliss-reactive ketones (excluding diaryl/α,β-unsaturated/α-hetero) is 1. The molecule has 1 spiro atoms. The number of hydrogen-bond acceptors (Lipinski definition) is 6. The van der Waals surface area contributed by atoms with Gasteiger partial charge in [-0.25, -0.2) is 4.98 Å². The number of aryl methyl sites for hydroxylation is 1. The van der Waals surface area contributed by atoms with Crippen molar-refractivity contribution in [1.29, 1.82) is 5.26 Å². The molecule has 1 aromatic rings. The predicted molar refractivity (Wildman–Crippen MR) is 103 cm³/mol. The van der Waals surface area contributed by atoms with Crippen LogP contribution in [0, 0.1) is 23.7 Å². The van der Waals surface area contributed by atoms with Crippen molar-refractivity contribution in [3.05, 3.63) is 29.0 Å². The first-order chi connectivity index (χ1) is 12.9. The zero-order valence-electron chi connectivity index (χ0n) is 16.0. The van der Waals surface area contributed by atoms with E-state index in [9.17, 15) is 15.2 Å². The molecule has 3 fully saturated rings. The van der Waals surface area contributed by atoms with Gasteiger partial charge in [0.15, 0.2) is 5.78 Å². The van der Waals surface area contributed by atoms with Gasteiger partial charge in [0.2, 0.25) is 0 Å². The number of ketones is 1. The summed E-state index contributed by atoms with van der Waals surface area (Å²) >= 11 is 0. The molecule has 0 radical (unpaired) electrons. The number of nitrogens with zero attached hydrogens (tertiary/aromatic N) is 4. The van der Waals surface area contributed by atoms with E-state index in [-0.39, 0.29) is 17.5 Å². The molecule has 3 heterocycles. The lowest BCUT2D eigenvalue weighted by Crippen LogP contribution is -2.51. The number of allylic oxidation sites excluding steroid dienone is 1. The third kappa shape index (κ3) is 3.32. The maximum Gasteiger partial charge on any atom is 0.172 e. The van der Waals surface area contributed by atoms with E-state index >= 15 is 0 Å². The second-order valence-corrected chi connectivity index (χ2v) is 8.27. The third-order valence-corrected chi connectivity index (χ3v) is 6.29. The van der Waals surface area contributed by atoms with E-state index in [0.29, 0.717) is 29.9 Å². The number of anilines is 1. The maximum atomic E-state index is 12.2. The van der Waals surface area contributed by atoms with Gasteiger partial charge in [-0.3, -0.25) is 4.79 Å². The van der Waals surface area contributed by atoms with E-state index in [1.54, 1.807) is 0 Å². The molecule has 1 aliphatic carbocycles. The van der Waals surface area contributed by atoms with Crippen LogP contribution in [-0.2, 0) is 4.79 Å². The predicted octanol–water partition coefficient (Wildman–Crippen LogP) is 2.27. The molecule has 2 saturated heterocycles. The number of β-amino-alcohol motifs (C(OH)–C–C–N with tert-alkyl or cyclic N) is 1. The Morgan fingerprint density at radius 3 is 2.44 bits per heavy atom. The van der Waals surface area contributed by atoms with E-state index in [1.165, 1.54) is 19.8 Å². The van der Waals surface area contributed by atoms with Gasteiger partial charge in [0.1, 0.15) is 17.5 Å². The molecule has 1 saturated carbocycles. The number of aliphatic hydroxyl groups is 1. The number of piperidine rings is 1. The summed E-state index contributed by atoms with van der Waals surface area (Å²) in [4.78, 5) is 21.3. The highest BCUT2D eigenvalue weighted by molar-refractivity contribution is 6.04. The molecular formula is C21H26N4O2. The van der Waals surface area contributed by atoms with Crippen LogP contribution in [0.1, 0.15) is 43.9 Å². The second kappa shape index (κ2) is 6.65. The highest BCUT2D eigenvalue weighted by atomic mass is 16.3. The van der Waals surface area contributed by atoms with Crippen LogP contribution in [0.5, 0.6) is 0 Å². The number of hydrogen-bond donors (Lipinski definition) is 1. The van der Waals surface area contributed by atoms with Crippen LogP contribution in [0.3, 0.4) is 0 Å². The van der Waals surface area contributed by atoms with Gasteiger partial charge in [-0.15, -0.1) is 0 Å². The first-order valence-electron chi connectivity index (χ1n) is 9.74. The lowest BCUT2D eigenvalue weighted by atomic mass is 9.92. The Labute approximate surface area is 160 Å². The molecule has 0 aromatic carbocycles. The van der Waals surface area contributed by atoms with Gasteiger partial charge in [-0.2, -0.15) is 5.26 Å². The second-order valence-electron chi connectivity index (χ2n) is 8.27. The SMILES string of the molecule is CC(=O)/C(C#N)=C(\c1nc(N2CC(O)C2)ccc1C)N1CCC2(CC1)CC2. The van der Waals surface area contributed by atoms with E-state index in [1.807, 2.05) is 24.0 Å². The van der Waals surface area contributed by atoms with E-state index in [0.717, 1.165) is 37.3 Å². The number of likely N-dealkylation sites (tertiary alicyclic amines) is 1. The quantitative estimate of drug-likeness (QED) is 0.650. The Bertz CT molecular complexity index is 834. The number of carbonyl (C=O) groups is 1. The van der Waals surface area contributed by atoms with Gasteiger partial charge < -0.3 is 14.9 Å². The van der Waals surface area contributed by atoms with Gasteiger partial charge in [-0.1, -0.05) is 6.07 Å². The van der Waals surface area contributed by atoms with E-state index < -0.39 is 0 Å². The van der Waals surface area contributed by atoms with Crippen LogP contribution in [-0.4, -0.2) is 53.1 Å². The summed E-state index contributed by atoms with van der Waals surface area (Å²) in [5.41, 5.74) is 3.06. The van der Waals surface area contributed by atoms with Crippen LogP contribution in [0.2, 0.25) is 0 Å². The van der Waals surface area contributed by atoms with Gasteiger partial charge in [0, 0.05) is 26.2 Å². The summed E-state index contributed by atoms with van der Waals surface area (Å²) in [6.45, 7) is 6.29. The fraction of sp³-hybridized carbons (Fsp3) is 0.571. The monoisotopic (exact) mass is 366 g/mol. The van der Waals surface area contributed by atoms with Crippen molar-refractivity contribution in [2.24, 2.45) is 5.41 Å². The number of aliphatic hydroxyl groups excluding tert-OH is 1. The minimum Gasteiger partial charge on any atom is -0.389 e. The van der Waals surface area contributed by atoms with Gasteiger partial charge in [-0.05, 0) is 56.6 Å². The topological polar surface area (TPSA) is 80.5 Å². The number of aromatic nitrogens is 1. The molecule has 2 aliphatic heterocycles. The lowest BCUT2D eigenvalue weighted by Gasteiger charge is -2.38. The van der Waals surface area contributed by atoms with Crippen molar-refractivity contribution in [3.63, 3.8) is 0 Å². The number of pyridine rings is 1. The summed E-state index contributed by atoms with van der Waals surface area (Å²) in [6, 6.07) is 6.07. The van der Waals surface area contributed by atoms with Crippen molar-refractivity contribution in [1.82, 2.24) is 9.88 Å². The molecule has 4 rings (SSSR count). The minimum absolute atomic E-state index is 0.193. The Kier molecular flexibility index (Phi) is 4.43. The van der Waals surface area contributed by atoms with Gasteiger partial charge in [0.25, 0.3) is 0 Å². The average Bonchev–Trinajstić information content (AvgIpc) is 3.38. The van der Waals surface area contributed by atoms with Crippen molar-refractivity contribution < 1.29 is 9.90 Å². The summed E-state index contributed by atoms with van der Waals surface area (Å²) < 4.78 is 0. The average molecular weight is 366 g/mol. The Hall–Kier alpha value is -2.39.